The molecule has 0 spiro atoms. The van der Waals surface area contributed by atoms with E-state index in [1.165, 1.54) is 36.2 Å². The van der Waals surface area contributed by atoms with Gasteiger partial charge in [-0.3, -0.25) is 0 Å². The van der Waals surface area contributed by atoms with E-state index in [1.54, 1.807) is 5.56 Å². The van der Waals surface area contributed by atoms with E-state index in [-0.39, 0.29) is 6.04 Å². The fourth-order valence-corrected chi connectivity index (χ4v) is 3.24. The normalized spacial score (nSPS) is 22.5. The Labute approximate surface area is 116 Å². The highest BCUT2D eigenvalue weighted by atomic mass is 15.2. The monoisotopic (exact) mass is 259 g/mol. The molecule has 1 unspecified atom stereocenters. The Morgan fingerprint density at radius 3 is 3.00 bits per heavy atom. The second kappa shape index (κ2) is 5.14. The van der Waals surface area contributed by atoms with Crippen LogP contribution in [-0.2, 0) is 6.42 Å². The van der Waals surface area contributed by atoms with Crippen molar-refractivity contribution in [1.82, 2.24) is 5.32 Å². The molecule has 2 aliphatic rings. The minimum absolute atomic E-state index is 0.169. The maximum atomic E-state index is 6.00. The van der Waals surface area contributed by atoms with Crippen molar-refractivity contribution in [2.45, 2.75) is 45.2 Å². The van der Waals surface area contributed by atoms with Gasteiger partial charge in [0, 0.05) is 37.3 Å². The van der Waals surface area contributed by atoms with Crippen molar-refractivity contribution >= 4 is 5.69 Å². The topological polar surface area (TPSA) is 41.3 Å². The Hall–Kier alpha value is -1.06. The standard InChI is InChI=1S/C16H25N3/c1-3-7-18-12-6-8-19(10-12)16-5-4-13(11(2)17)14-9-15(14)16/h4-5,11-12,18H,3,6-10,17H2,1-2H3/t11?,12-/m1/s1. The number of nitrogens with two attached hydrogens (primary N) is 1. The smallest absolute Gasteiger partial charge is 0.0405 e. The summed E-state index contributed by atoms with van der Waals surface area (Å²) in [6, 6.07) is 5.36. The molecule has 3 heteroatoms. The van der Waals surface area contributed by atoms with Crippen LogP contribution in [0.5, 0.6) is 0 Å². The first-order valence-electron chi connectivity index (χ1n) is 7.59. The molecule has 1 aliphatic heterocycles. The summed E-state index contributed by atoms with van der Waals surface area (Å²) in [6.07, 6.45) is 3.64. The van der Waals surface area contributed by atoms with E-state index in [0.717, 1.165) is 19.5 Å². The second-order valence-corrected chi connectivity index (χ2v) is 5.98. The summed E-state index contributed by atoms with van der Waals surface area (Å²) in [7, 11) is 0. The van der Waals surface area contributed by atoms with Gasteiger partial charge in [0.25, 0.3) is 0 Å². The summed E-state index contributed by atoms with van der Waals surface area (Å²) in [5.74, 6) is 0. The zero-order valence-electron chi connectivity index (χ0n) is 12.1. The number of fused-ring (bicyclic) bond motifs is 1. The molecule has 1 aliphatic carbocycles. The summed E-state index contributed by atoms with van der Waals surface area (Å²) in [6.45, 7) is 7.79. The zero-order chi connectivity index (χ0) is 13.4. The van der Waals surface area contributed by atoms with Gasteiger partial charge in [0.05, 0.1) is 0 Å². The number of hydrogen-bond donors (Lipinski definition) is 2. The fraction of sp³-hybridized carbons (Fsp3) is 0.625. The molecule has 3 nitrogen and oxygen atoms in total. The molecule has 3 rings (SSSR count). The number of anilines is 1. The quantitative estimate of drug-likeness (QED) is 0.865. The van der Waals surface area contributed by atoms with Crippen LogP contribution in [0.4, 0.5) is 5.69 Å². The third-order valence-electron chi connectivity index (χ3n) is 4.37. The minimum atomic E-state index is 0.169. The van der Waals surface area contributed by atoms with Crippen LogP contribution in [0.1, 0.15) is 49.4 Å². The van der Waals surface area contributed by atoms with Crippen molar-refractivity contribution in [2.24, 2.45) is 5.73 Å². The maximum absolute atomic E-state index is 6.00. The van der Waals surface area contributed by atoms with E-state index in [9.17, 15) is 0 Å². The lowest BCUT2D eigenvalue weighted by molar-refractivity contribution is 0.549. The van der Waals surface area contributed by atoms with Gasteiger partial charge < -0.3 is 16.0 Å². The van der Waals surface area contributed by atoms with Crippen LogP contribution in [0.15, 0.2) is 12.1 Å². The third kappa shape index (κ3) is 2.49. The van der Waals surface area contributed by atoms with Crippen molar-refractivity contribution < 1.29 is 0 Å². The Kier molecular flexibility index (Phi) is 3.50. The lowest BCUT2D eigenvalue weighted by Gasteiger charge is -2.20. The van der Waals surface area contributed by atoms with Crippen LogP contribution >= 0.6 is 0 Å². The molecule has 1 saturated heterocycles. The first-order valence-corrected chi connectivity index (χ1v) is 7.59. The van der Waals surface area contributed by atoms with E-state index in [4.69, 9.17) is 5.73 Å². The zero-order valence-corrected chi connectivity index (χ0v) is 12.1. The van der Waals surface area contributed by atoms with Gasteiger partial charge in [0.1, 0.15) is 0 Å². The van der Waals surface area contributed by atoms with Crippen molar-refractivity contribution in [1.29, 1.82) is 0 Å². The molecule has 2 atom stereocenters. The molecule has 0 saturated carbocycles. The van der Waals surface area contributed by atoms with Crippen molar-refractivity contribution in [3.8, 4) is 0 Å². The van der Waals surface area contributed by atoms with Gasteiger partial charge in [0.2, 0.25) is 0 Å². The first kappa shape index (κ1) is 12.9. The van der Waals surface area contributed by atoms with Crippen molar-refractivity contribution in [2.75, 3.05) is 24.5 Å². The molecular formula is C16H25N3. The number of hydrogen-bond acceptors (Lipinski definition) is 3. The van der Waals surface area contributed by atoms with Gasteiger partial charge in [0.15, 0.2) is 0 Å². The molecule has 0 bridgehead atoms. The fourth-order valence-electron chi connectivity index (χ4n) is 3.24. The predicted octanol–water partition coefficient (Wildman–Crippen LogP) is 2.19. The third-order valence-corrected chi connectivity index (χ3v) is 4.37. The number of rotatable bonds is 5. The molecule has 0 radical (unpaired) electrons. The Morgan fingerprint density at radius 1 is 1.42 bits per heavy atom. The summed E-state index contributed by atoms with van der Waals surface area (Å²) in [5, 5.41) is 3.64. The van der Waals surface area contributed by atoms with Crippen molar-refractivity contribution in [3.05, 3.63) is 28.8 Å². The predicted molar refractivity (Wildman–Crippen MR) is 80.8 cm³/mol. The van der Waals surface area contributed by atoms with Gasteiger partial charge in [-0.15, -0.1) is 0 Å². The number of benzene rings is 1. The first-order chi connectivity index (χ1) is 9.20. The molecule has 0 aromatic heterocycles. The minimum Gasteiger partial charge on any atom is -0.370 e. The van der Waals surface area contributed by atoms with Gasteiger partial charge >= 0.3 is 0 Å². The van der Waals surface area contributed by atoms with E-state index < -0.39 is 0 Å². The maximum Gasteiger partial charge on any atom is 0.0405 e. The molecule has 104 valence electrons. The highest BCUT2D eigenvalue weighted by molar-refractivity contribution is 5.69. The molecule has 1 aromatic carbocycles. The van der Waals surface area contributed by atoms with Crippen LogP contribution in [0.25, 0.3) is 0 Å². The Morgan fingerprint density at radius 2 is 2.26 bits per heavy atom. The van der Waals surface area contributed by atoms with E-state index in [0.29, 0.717) is 6.04 Å². The van der Waals surface area contributed by atoms with Crippen LogP contribution in [0.2, 0.25) is 0 Å². The summed E-state index contributed by atoms with van der Waals surface area (Å²) >= 11 is 0. The average Bonchev–Trinajstić information content (AvgIpc) is 3.06. The van der Waals surface area contributed by atoms with Crippen LogP contribution in [-0.4, -0.2) is 25.7 Å². The molecule has 0 amide bonds. The van der Waals surface area contributed by atoms with Crippen LogP contribution in [0, 0.1) is 0 Å². The average molecular weight is 259 g/mol. The van der Waals surface area contributed by atoms with E-state index in [1.807, 2.05) is 0 Å². The highest BCUT2D eigenvalue weighted by Crippen LogP contribution is 2.42. The lowest BCUT2D eigenvalue weighted by Crippen LogP contribution is -2.33. The van der Waals surface area contributed by atoms with Crippen LogP contribution < -0.4 is 16.0 Å². The molecule has 19 heavy (non-hydrogen) atoms. The lowest BCUT2D eigenvalue weighted by atomic mass is 10.1. The number of nitrogens with one attached hydrogen (secondary N) is 1. The highest BCUT2D eigenvalue weighted by Gasteiger charge is 2.31. The largest absolute Gasteiger partial charge is 0.370 e. The molecule has 1 heterocycles. The van der Waals surface area contributed by atoms with Crippen LogP contribution in [0.3, 0.4) is 0 Å². The van der Waals surface area contributed by atoms with E-state index >= 15 is 0 Å². The summed E-state index contributed by atoms with van der Waals surface area (Å²) in [5.41, 5.74) is 11.9. The van der Waals surface area contributed by atoms with E-state index in [2.05, 4.69) is 36.2 Å². The molecular weight excluding hydrogens is 234 g/mol. The Bertz CT molecular complexity index is 467. The summed E-state index contributed by atoms with van der Waals surface area (Å²) < 4.78 is 0. The summed E-state index contributed by atoms with van der Waals surface area (Å²) in [4.78, 5) is 2.55. The second-order valence-electron chi connectivity index (χ2n) is 5.98. The molecule has 1 fully saturated rings. The SMILES string of the molecule is CCCN[C@@H]1CCN(c2ccc(C(C)N)c3c2C3)C1. The molecule has 3 N–H and O–H groups in total. The van der Waals surface area contributed by atoms with Crippen molar-refractivity contribution in [3.63, 3.8) is 0 Å². The van der Waals surface area contributed by atoms with Gasteiger partial charge in [-0.25, -0.2) is 0 Å². The Balaban J connectivity index is 1.69. The van der Waals surface area contributed by atoms with Gasteiger partial charge in [-0.1, -0.05) is 13.0 Å². The van der Waals surface area contributed by atoms with Gasteiger partial charge in [-0.2, -0.15) is 0 Å². The van der Waals surface area contributed by atoms with Gasteiger partial charge in [-0.05, 0) is 49.1 Å². The molecule has 1 aromatic rings. The number of nitrogens with zero attached hydrogens (tertiary/aromatic N) is 1.